The average Bonchev–Trinajstić information content (AvgIpc) is 2.82. The molecule has 5 heteroatoms. The lowest BCUT2D eigenvalue weighted by molar-refractivity contribution is -0.138. The number of carbonyl (C=O) groups is 1. The molecule has 1 aliphatic rings. The summed E-state index contributed by atoms with van der Waals surface area (Å²) in [4.78, 5) is 17.3. The van der Waals surface area contributed by atoms with Gasteiger partial charge in [0.15, 0.2) is 5.58 Å². The Hall–Kier alpha value is -2.04. The molecule has 2 aromatic rings. The van der Waals surface area contributed by atoms with Crippen LogP contribution in [0.2, 0.25) is 0 Å². The van der Waals surface area contributed by atoms with Crippen molar-refractivity contribution in [2.45, 2.75) is 19.3 Å². The Bertz CT molecular complexity index is 560. The predicted molar refractivity (Wildman–Crippen MR) is 71.2 cm³/mol. The number of aromatic nitrogens is 1. The van der Waals surface area contributed by atoms with E-state index in [-0.39, 0.29) is 12.3 Å². The zero-order valence-electron chi connectivity index (χ0n) is 10.6. The van der Waals surface area contributed by atoms with Crippen LogP contribution in [-0.2, 0) is 4.79 Å². The molecule has 0 unspecified atom stereocenters. The molecule has 0 saturated carbocycles. The minimum Gasteiger partial charge on any atom is -0.481 e. The van der Waals surface area contributed by atoms with E-state index in [1.165, 1.54) is 0 Å². The number of para-hydroxylation sites is 2. The number of hydrogen-bond acceptors (Lipinski definition) is 4. The molecule has 0 aliphatic carbocycles. The highest BCUT2D eigenvalue weighted by atomic mass is 16.4. The Morgan fingerprint density at radius 3 is 3.11 bits per heavy atom. The maximum Gasteiger partial charge on any atom is 0.303 e. The van der Waals surface area contributed by atoms with Gasteiger partial charge in [-0.2, -0.15) is 4.98 Å². The molecule has 5 nitrogen and oxygen atoms in total. The number of rotatable bonds is 3. The number of piperidine rings is 1. The molecular weight excluding hydrogens is 244 g/mol. The number of oxazole rings is 1. The smallest absolute Gasteiger partial charge is 0.303 e. The van der Waals surface area contributed by atoms with Crippen LogP contribution in [0.1, 0.15) is 19.3 Å². The van der Waals surface area contributed by atoms with Crippen molar-refractivity contribution in [1.82, 2.24) is 4.98 Å². The van der Waals surface area contributed by atoms with E-state index >= 15 is 0 Å². The van der Waals surface area contributed by atoms with E-state index in [2.05, 4.69) is 9.88 Å². The van der Waals surface area contributed by atoms with Crippen LogP contribution in [-0.4, -0.2) is 29.1 Å². The van der Waals surface area contributed by atoms with Crippen molar-refractivity contribution in [3.8, 4) is 0 Å². The molecule has 1 saturated heterocycles. The summed E-state index contributed by atoms with van der Waals surface area (Å²) in [6.45, 7) is 1.59. The average molecular weight is 260 g/mol. The van der Waals surface area contributed by atoms with Gasteiger partial charge in [-0.25, -0.2) is 0 Å². The fraction of sp³-hybridized carbons (Fsp3) is 0.429. The van der Waals surface area contributed by atoms with Gasteiger partial charge in [0.2, 0.25) is 0 Å². The fourth-order valence-electron chi connectivity index (χ4n) is 2.65. The molecule has 1 atom stereocenters. The molecule has 1 fully saturated rings. The zero-order valence-corrected chi connectivity index (χ0v) is 10.6. The van der Waals surface area contributed by atoms with Crippen LogP contribution in [0, 0.1) is 5.92 Å². The van der Waals surface area contributed by atoms with Crippen molar-refractivity contribution in [2.75, 3.05) is 18.0 Å². The van der Waals surface area contributed by atoms with Gasteiger partial charge in [-0.3, -0.25) is 4.79 Å². The third-order valence-corrected chi connectivity index (χ3v) is 3.54. The first-order valence-electron chi connectivity index (χ1n) is 6.54. The van der Waals surface area contributed by atoms with Crippen LogP contribution >= 0.6 is 0 Å². The van der Waals surface area contributed by atoms with E-state index in [9.17, 15) is 4.79 Å². The van der Waals surface area contributed by atoms with Crippen LogP contribution in [0.3, 0.4) is 0 Å². The largest absolute Gasteiger partial charge is 0.481 e. The molecule has 19 heavy (non-hydrogen) atoms. The van der Waals surface area contributed by atoms with Gasteiger partial charge < -0.3 is 14.4 Å². The van der Waals surface area contributed by atoms with Crippen molar-refractivity contribution >= 4 is 23.1 Å². The van der Waals surface area contributed by atoms with Crippen LogP contribution < -0.4 is 4.90 Å². The lowest BCUT2D eigenvalue weighted by Crippen LogP contribution is -2.36. The minimum absolute atomic E-state index is 0.182. The van der Waals surface area contributed by atoms with Gasteiger partial charge in [0, 0.05) is 19.5 Å². The topological polar surface area (TPSA) is 66.6 Å². The molecule has 1 aromatic carbocycles. The summed E-state index contributed by atoms with van der Waals surface area (Å²) >= 11 is 0. The Labute approximate surface area is 110 Å². The summed E-state index contributed by atoms with van der Waals surface area (Å²) in [7, 11) is 0. The Kier molecular flexibility index (Phi) is 3.11. The molecule has 1 aliphatic heterocycles. The first kappa shape index (κ1) is 12.0. The molecule has 0 bridgehead atoms. The van der Waals surface area contributed by atoms with E-state index < -0.39 is 5.97 Å². The number of benzene rings is 1. The second-order valence-corrected chi connectivity index (χ2v) is 5.02. The molecular formula is C14H16N2O3. The fourth-order valence-corrected chi connectivity index (χ4v) is 2.65. The molecule has 0 amide bonds. The summed E-state index contributed by atoms with van der Waals surface area (Å²) < 4.78 is 5.73. The van der Waals surface area contributed by atoms with Crippen molar-refractivity contribution in [1.29, 1.82) is 0 Å². The maximum absolute atomic E-state index is 10.8. The molecule has 0 spiro atoms. The Balaban J connectivity index is 1.79. The van der Waals surface area contributed by atoms with Gasteiger partial charge in [-0.1, -0.05) is 12.1 Å². The van der Waals surface area contributed by atoms with Crippen LogP contribution in [0.5, 0.6) is 0 Å². The van der Waals surface area contributed by atoms with E-state index in [0.29, 0.717) is 12.6 Å². The van der Waals surface area contributed by atoms with Gasteiger partial charge >= 0.3 is 5.97 Å². The molecule has 1 N–H and O–H groups in total. The van der Waals surface area contributed by atoms with Crippen LogP contribution in [0.4, 0.5) is 6.01 Å². The van der Waals surface area contributed by atoms with Gasteiger partial charge in [0.05, 0.1) is 0 Å². The number of nitrogens with zero attached hydrogens (tertiary/aromatic N) is 2. The number of fused-ring (bicyclic) bond motifs is 1. The van der Waals surface area contributed by atoms with Crippen molar-refractivity contribution in [3.05, 3.63) is 24.3 Å². The predicted octanol–water partition coefficient (Wildman–Crippen LogP) is 2.52. The van der Waals surface area contributed by atoms with Gasteiger partial charge in [-0.05, 0) is 30.9 Å². The van der Waals surface area contributed by atoms with Gasteiger partial charge in [-0.15, -0.1) is 0 Å². The van der Waals surface area contributed by atoms with E-state index in [1.807, 2.05) is 24.3 Å². The summed E-state index contributed by atoms with van der Waals surface area (Å²) in [5, 5.41) is 8.88. The normalized spacial score (nSPS) is 19.8. The SMILES string of the molecule is O=C(O)C[C@H]1CCCN(c2nc3ccccc3o2)C1. The molecule has 1 aromatic heterocycles. The quantitative estimate of drug-likeness (QED) is 0.918. The second-order valence-electron chi connectivity index (χ2n) is 5.02. The van der Waals surface area contributed by atoms with E-state index in [1.54, 1.807) is 0 Å². The molecule has 2 heterocycles. The second kappa shape index (κ2) is 4.91. The highest BCUT2D eigenvalue weighted by molar-refractivity contribution is 5.74. The van der Waals surface area contributed by atoms with Crippen molar-refractivity contribution in [3.63, 3.8) is 0 Å². The number of carboxylic acid groups (broad SMARTS) is 1. The summed E-state index contributed by atoms with van der Waals surface area (Å²) in [5.74, 6) is -0.550. The Morgan fingerprint density at radius 1 is 1.47 bits per heavy atom. The van der Waals surface area contributed by atoms with Crippen LogP contribution in [0.15, 0.2) is 28.7 Å². The lowest BCUT2D eigenvalue weighted by atomic mass is 9.95. The standard InChI is InChI=1S/C14H16N2O3/c17-13(18)8-10-4-3-7-16(9-10)14-15-11-5-1-2-6-12(11)19-14/h1-2,5-6,10H,3-4,7-9H2,(H,17,18)/t10-/m1/s1. The van der Waals surface area contributed by atoms with E-state index in [4.69, 9.17) is 9.52 Å². The van der Waals surface area contributed by atoms with Crippen LogP contribution in [0.25, 0.3) is 11.1 Å². The van der Waals surface area contributed by atoms with Crippen molar-refractivity contribution < 1.29 is 14.3 Å². The lowest BCUT2D eigenvalue weighted by Gasteiger charge is -2.30. The number of carboxylic acids is 1. The molecule has 100 valence electrons. The third kappa shape index (κ3) is 2.54. The molecule has 3 rings (SSSR count). The summed E-state index contributed by atoms with van der Waals surface area (Å²) in [6, 6.07) is 8.26. The Morgan fingerprint density at radius 2 is 2.32 bits per heavy atom. The molecule has 0 radical (unpaired) electrons. The number of anilines is 1. The van der Waals surface area contributed by atoms with Gasteiger partial charge in [0.25, 0.3) is 6.01 Å². The third-order valence-electron chi connectivity index (χ3n) is 3.54. The summed E-state index contributed by atoms with van der Waals surface area (Å²) in [5.41, 5.74) is 1.62. The maximum atomic E-state index is 10.8. The minimum atomic E-state index is -0.732. The first-order chi connectivity index (χ1) is 9.22. The highest BCUT2D eigenvalue weighted by Crippen LogP contribution is 2.27. The van der Waals surface area contributed by atoms with Gasteiger partial charge in [0.1, 0.15) is 5.52 Å². The number of aliphatic carboxylic acids is 1. The summed E-state index contributed by atoms with van der Waals surface area (Å²) in [6.07, 6.45) is 2.16. The highest BCUT2D eigenvalue weighted by Gasteiger charge is 2.24. The van der Waals surface area contributed by atoms with E-state index in [0.717, 1.165) is 30.5 Å². The number of hydrogen-bond donors (Lipinski definition) is 1. The van der Waals surface area contributed by atoms with Crippen molar-refractivity contribution in [2.24, 2.45) is 5.92 Å². The zero-order chi connectivity index (χ0) is 13.2. The monoisotopic (exact) mass is 260 g/mol. The first-order valence-corrected chi connectivity index (χ1v) is 6.54.